The van der Waals surface area contributed by atoms with E-state index in [1.807, 2.05) is 54.6 Å². The normalized spacial score (nSPS) is 12.9. The third kappa shape index (κ3) is 9.10. The standard InChI is InChI=1S/C26H36N3O3/c1-4-29(5-2)18-23(28-25(30)16-11-20(3)26(27)31)17-21-12-14-24(15-13-21)32-19-22-9-7-6-8-10-22/h6-10,12-16,20,23H,4-5,11,17-19H2,1-3H3,(H2,27,31)(H,28,30). The molecule has 2 aromatic carbocycles. The van der Waals surface area contributed by atoms with Crippen LogP contribution in [-0.4, -0.2) is 42.4 Å². The molecule has 0 aliphatic carbocycles. The largest absolute Gasteiger partial charge is 0.489 e. The molecule has 6 heteroatoms. The van der Waals surface area contributed by atoms with Gasteiger partial charge in [0.15, 0.2) is 0 Å². The van der Waals surface area contributed by atoms with Gasteiger partial charge in [-0.25, -0.2) is 0 Å². The maximum absolute atomic E-state index is 12.4. The first-order valence-corrected chi connectivity index (χ1v) is 11.3. The SMILES string of the molecule is CCN(CC)CC(Cc1ccc(OCc2ccccc2)cc1)NC(=O)[CH]CC(C)C(N)=O. The van der Waals surface area contributed by atoms with E-state index < -0.39 is 5.91 Å². The molecule has 3 N–H and O–H groups in total. The van der Waals surface area contributed by atoms with E-state index in [0.29, 0.717) is 19.4 Å². The molecule has 0 saturated carbocycles. The van der Waals surface area contributed by atoms with Crippen molar-refractivity contribution in [1.82, 2.24) is 10.2 Å². The smallest absolute Gasteiger partial charge is 0.224 e. The molecule has 0 spiro atoms. The summed E-state index contributed by atoms with van der Waals surface area (Å²) >= 11 is 0. The van der Waals surface area contributed by atoms with Crippen molar-refractivity contribution >= 4 is 11.8 Å². The lowest BCUT2D eigenvalue weighted by Crippen LogP contribution is -2.45. The van der Waals surface area contributed by atoms with E-state index >= 15 is 0 Å². The zero-order valence-corrected chi connectivity index (χ0v) is 19.4. The van der Waals surface area contributed by atoms with E-state index in [0.717, 1.165) is 36.5 Å². The van der Waals surface area contributed by atoms with Crippen LogP contribution in [-0.2, 0) is 22.6 Å². The lowest BCUT2D eigenvalue weighted by molar-refractivity contribution is -0.121. The minimum absolute atomic E-state index is 0.0429. The molecule has 173 valence electrons. The topological polar surface area (TPSA) is 84.7 Å². The number of carbonyl (C=O) groups excluding carboxylic acids is 2. The van der Waals surface area contributed by atoms with Gasteiger partial charge >= 0.3 is 0 Å². The van der Waals surface area contributed by atoms with Crippen molar-refractivity contribution < 1.29 is 14.3 Å². The number of benzene rings is 2. The summed E-state index contributed by atoms with van der Waals surface area (Å²) in [4.78, 5) is 25.9. The number of likely N-dealkylation sites (N-methyl/N-ethyl adjacent to an activating group) is 1. The fourth-order valence-corrected chi connectivity index (χ4v) is 3.36. The summed E-state index contributed by atoms with van der Waals surface area (Å²) in [6.45, 7) is 9.06. The van der Waals surface area contributed by atoms with Crippen molar-refractivity contribution in [2.45, 2.75) is 46.3 Å². The van der Waals surface area contributed by atoms with Gasteiger partial charge in [-0.3, -0.25) is 9.59 Å². The van der Waals surface area contributed by atoms with Crippen molar-refractivity contribution in [3.8, 4) is 5.75 Å². The number of hydrogen-bond donors (Lipinski definition) is 2. The van der Waals surface area contributed by atoms with Gasteiger partial charge < -0.3 is 20.7 Å². The molecule has 2 amide bonds. The van der Waals surface area contributed by atoms with Gasteiger partial charge in [0.2, 0.25) is 11.8 Å². The number of carbonyl (C=O) groups is 2. The van der Waals surface area contributed by atoms with E-state index in [9.17, 15) is 9.59 Å². The average molecular weight is 439 g/mol. The Balaban J connectivity index is 1.95. The first-order valence-electron chi connectivity index (χ1n) is 11.3. The van der Waals surface area contributed by atoms with Crippen LogP contribution in [0, 0.1) is 12.3 Å². The molecule has 2 atom stereocenters. The molecule has 0 aliphatic rings. The zero-order chi connectivity index (χ0) is 23.3. The van der Waals surface area contributed by atoms with Gasteiger partial charge in [-0.1, -0.05) is 63.2 Å². The van der Waals surface area contributed by atoms with Gasteiger partial charge in [0.05, 0.1) is 6.42 Å². The summed E-state index contributed by atoms with van der Waals surface area (Å²) in [5.74, 6) is -0.109. The van der Waals surface area contributed by atoms with E-state index in [-0.39, 0.29) is 17.9 Å². The molecular weight excluding hydrogens is 402 g/mol. The Labute approximate surface area is 192 Å². The van der Waals surface area contributed by atoms with Crippen LogP contribution in [0.4, 0.5) is 0 Å². The first-order chi connectivity index (χ1) is 15.4. The monoisotopic (exact) mass is 438 g/mol. The van der Waals surface area contributed by atoms with Crippen LogP contribution in [0.2, 0.25) is 0 Å². The highest BCUT2D eigenvalue weighted by Crippen LogP contribution is 2.16. The Morgan fingerprint density at radius 3 is 2.28 bits per heavy atom. The second-order valence-corrected chi connectivity index (χ2v) is 8.06. The molecule has 32 heavy (non-hydrogen) atoms. The maximum atomic E-state index is 12.4. The number of primary amides is 1. The summed E-state index contributed by atoms with van der Waals surface area (Å²) in [6.07, 6.45) is 2.57. The highest BCUT2D eigenvalue weighted by atomic mass is 16.5. The van der Waals surface area contributed by atoms with Crippen molar-refractivity contribution in [3.05, 3.63) is 72.1 Å². The maximum Gasteiger partial charge on any atom is 0.224 e. The van der Waals surface area contributed by atoms with Crippen molar-refractivity contribution in [3.63, 3.8) is 0 Å². The fraction of sp³-hybridized carbons (Fsp3) is 0.423. The summed E-state index contributed by atoms with van der Waals surface area (Å²) in [5, 5.41) is 3.10. The van der Waals surface area contributed by atoms with Crippen LogP contribution in [0.1, 0.15) is 38.3 Å². The number of nitrogens with zero attached hydrogens (tertiary/aromatic N) is 1. The van der Waals surface area contributed by atoms with Crippen molar-refractivity contribution in [1.29, 1.82) is 0 Å². The van der Waals surface area contributed by atoms with Crippen LogP contribution in [0.5, 0.6) is 5.75 Å². The predicted molar refractivity (Wildman–Crippen MR) is 128 cm³/mol. The number of nitrogens with one attached hydrogen (secondary N) is 1. The minimum Gasteiger partial charge on any atom is -0.489 e. The molecule has 0 heterocycles. The Hall–Kier alpha value is -2.86. The zero-order valence-electron chi connectivity index (χ0n) is 19.4. The predicted octanol–water partition coefficient (Wildman–Crippen LogP) is 3.35. The molecule has 0 bridgehead atoms. The van der Waals surface area contributed by atoms with Gasteiger partial charge in [0.1, 0.15) is 12.4 Å². The van der Waals surface area contributed by atoms with Crippen LogP contribution >= 0.6 is 0 Å². The number of nitrogens with two attached hydrogens (primary N) is 1. The number of rotatable bonds is 14. The van der Waals surface area contributed by atoms with Crippen LogP contribution in [0.15, 0.2) is 54.6 Å². The Morgan fingerprint density at radius 1 is 1.03 bits per heavy atom. The summed E-state index contributed by atoms with van der Waals surface area (Å²) in [7, 11) is 0. The van der Waals surface area contributed by atoms with E-state index in [2.05, 4.69) is 24.1 Å². The fourth-order valence-electron chi connectivity index (χ4n) is 3.36. The molecule has 1 radical (unpaired) electrons. The lowest BCUT2D eigenvalue weighted by atomic mass is 10.0. The van der Waals surface area contributed by atoms with Gasteiger partial charge in [0, 0.05) is 18.5 Å². The third-order valence-corrected chi connectivity index (χ3v) is 5.52. The average Bonchev–Trinajstić information content (AvgIpc) is 2.81. The van der Waals surface area contributed by atoms with Crippen LogP contribution < -0.4 is 15.8 Å². The Morgan fingerprint density at radius 2 is 1.69 bits per heavy atom. The Kier molecular flexibility index (Phi) is 10.7. The van der Waals surface area contributed by atoms with E-state index in [1.54, 1.807) is 6.92 Å². The molecule has 2 unspecified atom stereocenters. The molecule has 2 aromatic rings. The van der Waals surface area contributed by atoms with Crippen LogP contribution in [0.3, 0.4) is 0 Å². The Bertz CT molecular complexity index is 820. The lowest BCUT2D eigenvalue weighted by Gasteiger charge is -2.26. The summed E-state index contributed by atoms with van der Waals surface area (Å²) < 4.78 is 5.87. The molecule has 0 aliphatic heterocycles. The molecular formula is C26H36N3O3. The third-order valence-electron chi connectivity index (χ3n) is 5.52. The second-order valence-electron chi connectivity index (χ2n) is 8.06. The quantitative estimate of drug-likeness (QED) is 0.474. The molecule has 0 aromatic heterocycles. The molecule has 0 saturated heterocycles. The van der Waals surface area contributed by atoms with E-state index in [1.165, 1.54) is 6.42 Å². The molecule has 2 rings (SSSR count). The number of amides is 2. The number of hydrogen-bond acceptors (Lipinski definition) is 4. The minimum atomic E-state index is -0.400. The summed E-state index contributed by atoms with van der Waals surface area (Å²) in [6, 6.07) is 18.0. The van der Waals surface area contributed by atoms with E-state index in [4.69, 9.17) is 10.5 Å². The second kappa shape index (κ2) is 13.5. The van der Waals surface area contributed by atoms with Gasteiger partial charge in [0.25, 0.3) is 0 Å². The van der Waals surface area contributed by atoms with Crippen molar-refractivity contribution in [2.24, 2.45) is 11.7 Å². The van der Waals surface area contributed by atoms with Crippen molar-refractivity contribution in [2.75, 3.05) is 19.6 Å². The highest BCUT2D eigenvalue weighted by molar-refractivity contribution is 5.86. The first kappa shape index (κ1) is 25.4. The number of ether oxygens (including phenoxy) is 1. The molecule has 6 nitrogen and oxygen atoms in total. The highest BCUT2D eigenvalue weighted by Gasteiger charge is 2.18. The molecule has 0 fully saturated rings. The van der Waals surface area contributed by atoms with Crippen LogP contribution in [0.25, 0.3) is 0 Å². The summed E-state index contributed by atoms with van der Waals surface area (Å²) in [5.41, 5.74) is 7.54. The van der Waals surface area contributed by atoms with Gasteiger partial charge in [-0.2, -0.15) is 0 Å². The van der Waals surface area contributed by atoms with Gasteiger partial charge in [-0.05, 0) is 49.2 Å². The van der Waals surface area contributed by atoms with Gasteiger partial charge in [-0.15, -0.1) is 0 Å².